The lowest BCUT2D eigenvalue weighted by molar-refractivity contribution is 0.370. The molecule has 1 aromatic rings. The summed E-state index contributed by atoms with van der Waals surface area (Å²) in [5, 5.41) is 6.22. The van der Waals surface area contributed by atoms with E-state index in [1.807, 2.05) is 18.5 Å². The van der Waals surface area contributed by atoms with Crippen molar-refractivity contribution in [2.75, 3.05) is 27.7 Å². The molecule has 4 heteroatoms. The number of rotatable bonds is 5. The first kappa shape index (κ1) is 12.0. The van der Waals surface area contributed by atoms with Crippen LogP contribution in [0.25, 0.3) is 0 Å². The van der Waals surface area contributed by atoms with Gasteiger partial charge in [-0.2, -0.15) is 0 Å². The van der Waals surface area contributed by atoms with Gasteiger partial charge in [0.05, 0.1) is 5.02 Å². The summed E-state index contributed by atoms with van der Waals surface area (Å²) >= 11 is 7.81. The van der Waals surface area contributed by atoms with Crippen LogP contribution in [0, 0.1) is 0 Å². The molecular weight excluding hydrogens is 216 g/mol. The Bertz CT molecular complexity index is 273. The van der Waals surface area contributed by atoms with Crippen molar-refractivity contribution in [3.05, 3.63) is 21.3 Å². The van der Waals surface area contributed by atoms with Crippen LogP contribution >= 0.6 is 22.9 Å². The molecule has 1 N–H and O–H groups in total. The maximum atomic E-state index is 6.09. The van der Waals surface area contributed by atoms with Crippen LogP contribution in [0.4, 0.5) is 0 Å². The van der Waals surface area contributed by atoms with Crippen molar-refractivity contribution < 1.29 is 0 Å². The third kappa shape index (κ3) is 3.24. The van der Waals surface area contributed by atoms with Crippen molar-refractivity contribution in [3.8, 4) is 0 Å². The second-order valence-electron chi connectivity index (χ2n) is 3.57. The van der Waals surface area contributed by atoms with Gasteiger partial charge in [0.25, 0.3) is 0 Å². The summed E-state index contributed by atoms with van der Waals surface area (Å²) in [6.07, 6.45) is 1.09. The predicted octanol–water partition coefficient (Wildman–Crippen LogP) is 2.61. The summed E-state index contributed by atoms with van der Waals surface area (Å²) in [6.45, 7) is 1.07. The van der Waals surface area contributed by atoms with E-state index < -0.39 is 0 Å². The van der Waals surface area contributed by atoms with Gasteiger partial charge in [0.2, 0.25) is 0 Å². The van der Waals surface area contributed by atoms with Crippen LogP contribution in [0.1, 0.15) is 17.3 Å². The summed E-state index contributed by atoms with van der Waals surface area (Å²) in [5.74, 6) is 0. The largest absolute Gasteiger partial charge is 0.312 e. The van der Waals surface area contributed by atoms with Gasteiger partial charge in [0, 0.05) is 10.9 Å². The zero-order chi connectivity index (χ0) is 10.6. The minimum atomic E-state index is 0.380. The Labute approximate surface area is 94.9 Å². The summed E-state index contributed by atoms with van der Waals surface area (Å²) in [5.41, 5.74) is 0. The highest BCUT2D eigenvalue weighted by atomic mass is 35.5. The van der Waals surface area contributed by atoms with Crippen LogP contribution in [0.3, 0.4) is 0 Å². The van der Waals surface area contributed by atoms with Crippen molar-refractivity contribution in [2.45, 2.75) is 12.5 Å². The van der Waals surface area contributed by atoms with E-state index in [2.05, 4.69) is 24.3 Å². The number of hydrogen-bond acceptors (Lipinski definition) is 3. The lowest BCUT2D eigenvalue weighted by Crippen LogP contribution is -2.22. The van der Waals surface area contributed by atoms with Crippen molar-refractivity contribution in [1.82, 2.24) is 10.2 Å². The van der Waals surface area contributed by atoms with E-state index in [-0.39, 0.29) is 0 Å². The third-order valence-corrected chi connectivity index (χ3v) is 3.65. The molecule has 0 fully saturated rings. The van der Waals surface area contributed by atoms with Crippen LogP contribution in [0.5, 0.6) is 0 Å². The molecular formula is C10H17ClN2S. The van der Waals surface area contributed by atoms with Crippen molar-refractivity contribution >= 4 is 22.9 Å². The smallest absolute Gasteiger partial charge is 0.0561 e. The molecule has 1 atom stereocenters. The number of nitrogens with zero attached hydrogens (tertiary/aromatic N) is 1. The second-order valence-corrected chi connectivity index (χ2v) is 4.92. The zero-order valence-electron chi connectivity index (χ0n) is 8.88. The number of hydrogen-bond donors (Lipinski definition) is 1. The summed E-state index contributed by atoms with van der Waals surface area (Å²) < 4.78 is 0. The fourth-order valence-electron chi connectivity index (χ4n) is 1.35. The van der Waals surface area contributed by atoms with E-state index >= 15 is 0 Å². The van der Waals surface area contributed by atoms with Gasteiger partial charge in [-0.25, -0.2) is 0 Å². The van der Waals surface area contributed by atoms with E-state index in [0.717, 1.165) is 18.0 Å². The number of thiophene rings is 1. The average molecular weight is 233 g/mol. The highest BCUT2D eigenvalue weighted by Gasteiger charge is 2.13. The van der Waals surface area contributed by atoms with Crippen LogP contribution in [-0.2, 0) is 0 Å². The van der Waals surface area contributed by atoms with Crippen molar-refractivity contribution in [2.24, 2.45) is 0 Å². The summed E-state index contributed by atoms with van der Waals surface area (Å²) in [6, 6.07) is 2.34. The van der Waals surface area contributed by atoms with Gasteiger partial charge < -0.3 is 10.2 Å². The molecule has 0 aromatic carbocycles. The lowest BCUT2D eigenvalue weighted by atomic mass is 10.1. The normalized spacial score (nSPS) is 13.5. The maximum absolute atomic E-state index is 6.09. The molecule has 0 aliphatic carbocycles. The Morgan fingerprint density at radius 3 is 2.71 bits per heavy atom. The van der Waals surface area contributed by atoms with Gasteiger partial charge in [0.15, 0.2) is 0 Å². The Kier molecular flexibility index (Phi) is 4.89. The van der Waals surface area contributed by atoms with Gasteiger partial charge in [0.1, 0.15) is 0 Å². The fraction of sp³-hybridized carbons (Fsp3) is 0.600. The number of nitrogens with one attached hydrogen (secondary N) is 1. The van der Waals surface area contributed by atoms with E-state index in [4.69, 9.17) is 11.6 Å². The second kappa shape index (κ2) is 5.71. The molecule has 2 nitrogen and oxygen atoms in total. The monoisotopic (exact) mass is 232 g/mol. The molecule has 0 saturated heterocycles. The lowest BCUT2D eigenvalue weighted by Gasteiger charge is -2.17. The molecule has 14 heavy (non-hydrogen) atoms. The topological polar surface area (TPSA) is 15.3 Å². The number of halogens is 1. The van der Waals surface area contributed by atoms with E-state index in [9.17, 15) is 0 Å². The molecule has 1 aromatic heterocycles. The molecule has 0 aliphatic heterocycles. The molecule has 1 rings (SSSR count). The van der Waals surface area contributed by atoms with Crippen LogP contribution < -0.4 is 5.32 Å². The zero-order valence-corrected chi connectivity index (χ0v) is 10.5. The first-order valence-corrected chi connectivity index (χ1v) is 5.95. The Hall–Kier alpha value is -0.0900. The van der Waals surface area contributed by atoms with Gasteiger partial charge >= 0.3 is 0 Å². The molecule has 0 bridgehead atoms. The molecule has 80 valence electrons. The molecule has 0 radical (unpaired) electrons. The summed E-state index contributed by atoms with van der Waals surface area (Å²) in [7, 11) is 6.15. The van der Waals surface area contributed by atoms with Gasteiger partial charge in [-0.15, -0.1) is 11.3 Å². The van der Waals surface area contributed by atoms with Gasteiger partial charge in [-0.1, -0.05) is 11.6 Å². The quantitative estimate of drug-likeness (QED) is 0.840. The molecule has 1 heterocycles. The Balaban J connectivity index is 2.58. The van der Waals surface area contributed by atoms with E-state index in [1.54, 1.807) is 11.3 Å². The van der Waals surface area contributed by atoms with Crippen molar-refractivity contribution in [1.29, 1.82) is 0 Å². The van der Waals surface area contributed by atoms with E-state index in [1.165, 1.54) is 4.88 Å². The molecule has 1 unspecified atom stereocenters. The SMILES string of the molecule is CNC(CCN(C)C)c1sccc1Cl. The highest BCUT2D eigenvalue weighted by Crippen LogP contribution is 2.30. The third-order valence-electron chi connectivity index (χ3n) is 2.17. The van der Waals surface area contributed by atoms with Gasteiger partial charge in [-0.3, -0.25) is 0 Å². The van der Waals surface area contributed by atoms with Crippen LogP contribution in [0.2, 0.25) is 5.02 Å². The molecule has 0 amide bonds. The maximum Gasteiger partial charge on any atom is 0.0561 e. The first-order chi connectivity index (χ1) is 6.65. The van der Waals surface area contributed by atoms with Gasteiger partial charge in [-0.05, 0) is 45.6 Å². The highest BCUT2D eigenvalue weighted by molar-refractivity contribution is 7.10. The first-order valence-electron chi connectivity index (χ1n) is 4.70. The minimum Gasteiger partial charge on any atom is -0.312 e. The summed E-state index contributed by atoms with van der Waals surface area (Å²) in [4.78, 5) is 3.43. The standard InChI is InChI=1S/C10H17ClN2S/c1-12-9(4-6-13(2)3)10-8(11)5-7-14-10/h5,7,9,12H,4,6H2,1-3H3. The molecule has 0 saturated carbocycles. The average Bonchev–Trinajstić information content (AvgIpc) is 2.53. The van der Waals surface area contributed by atoms with Crippen LogP contribution in [-0.4, -0.2) is 32.6 Å². The molecule has 0 spiro atoms. The predicted molar refractivity (Wildman–Crippen MR) is 64.3 cm³/mol. The Morgan fingerprint density at radius 2 is 2.29 bits per heavy atom. The minimum absolute atomic E-state index is 0.380. The van der Waals surface area contributed by atoms with Crippen molar-refractivity contribution in [3.63, 3.8) is 0 Å². The molecule has 0 aliphatic rings. The fourth-order valence-corrected chi connectivity index (χ4v) is 2.68. The van der Waals surface area contributed by atoms with Crippen LogP contribution in [0.15, 0.2) is 11.4 Å². The van der Waals surface area contributed by atoms with E-state index in [0.29, 0.717) is 6.04 Å². The Morgan fingerprint density at radius 1 is 1.57 bits per heavy atom.